The Kier molecular flexibility index (Phi) is 4.28. The predicted octanol–water partition coefficient (Wildman–Crippen LogP) is 2.20. The van der Waals surface area contributed by atoms with Gasteiger partial charge in [0, 0.05) is 25.8 Å². The van der Waals surface area contributed by atoms with Crippen LogP contribution in [-0.4, -0.2) is 19.0 Å². The van der Waals surface area contributed by atoms with Crippen molar-refractivity contribution in [3.63, 3.8) is 0 Å². The van der Waals surface area contributed by atoms with Gasteiger partial charge in [0.25, 0.3) is 0 Å². The molecule has 1 aliphatic rings. The summed E-state index contributed by atoms with van der Waals surface area (Å²) < 4.78 is 0. The van der Waals surface area contributed by atoms with Gasteiger partial charge in [0.15, 0.2) is 0 Å². The summed E-state index contributed by atoms with van der Waals surface area (Å²) in [6, 6.07) is 15.4. The van der Waals surface area contributed by atoms with Crippen LogP contribution in [0.3, 0.4) is 0 Å². The first kappa shape index (κ1) is 15.1. The molecule has 2 aromatic rings. The smallest absolute Gasteiger partial charge is 0.315 e. The molecule has 0 fully saturated rings. The molecule has 0 aliphatic carbocycles. The number of amides is 3. The topological polar surface area (TPSA) is 61.4 Å². The highest BCUT2D eigenvalue weighted by Gasteiger charge is 2.23. The SMILES string of the molecule is CN1C(=O)Cc2cc(CNC(=O)NCc3ccccc3)ccc21. The largest absolute Gasteiger partial charge is 0.334 e. The third kappa shape index (κ3) is 3.51. The Labute approximate surface area is 135 Å². The number of carbonyl (C=O) groups excluding carboxylic acids is 2. The second-order valence-electron chi connectivity index (χ2n) is 5.61. The van der Waals surface area contributed by atoms with Gasteiger partial charge >= 0.3 is 6.03 Å². The van der Waals surface area contributed by atoms with Crippen molar-refractivity contribution in [3.05, 3.63) is 65.2 Å². The fraction of sp³-hybridized carbons (Fsp3) is 0.222. The van der Waals surface area contributed by atoms with Crippen LogP contribution in [0.25, 0.3) is 0 Å². The minimum Gasteiger partial charge on any atom is -0.334 e. The molecule has 0 aromatic heterocycles. The summed E-state index contributed by atoms with van der Waals surface area (Å²) >= 11 is 0. The maximum atomic E-state index is 11.8. The molecule has 5 heteroatoms. The van der Waals surface area contributed by atoms with Crippen LogP contribution >= 0.6 is 0 Å². The Morgan fingerprint density at radius 3 is 2.48 bits per heavy atom. The van der Waals surface area contributed by atoms with E-state index in [1.54, 1.807) is 11.9 Å². The lowest BCUT2D eigenvalue weighted by Gasteiger charge is -2.11. The van der Waals surface area contributed by atoms with Crippen LogP contribution < -0.4 is 15.5 Å². The molecule has 5 nitrogen and oxygen atoms in total. The van der Waals surface area contributed by atoms with Gasteiger partial charge < -0.3 is 15.5 Å². The standard InChI is InChI=1S/C18H19N3O2/c1-21-16-8-7-14(9-15(16)10-17(21)22)12-20-18(23)19-11-13-5-3-2-4-6-13/h2-9H,10-12H2,1H3,(H2,19,20,23). The zero-order valence-corrected chi connectivity index (χ0v) is 13.0. The van der Waals surface area contributed by atoms with Crippen LogP contribution in [0.1, 0.15) is 16.7 Å². The average Bonchev–Trinajstić information content (AvgIpc) is 2.86. The van der Waals surface area contributed by atoms with E-state index in [-0.39, 0.29) is 11.9 Å². The molecule has 23 heavy (non-hydrogen) atoms. The lowest BCUT2D eigenvalue weighted by atomic mass is 10.1. The van der Waals surface area contributed by atoms with E-state index in [1.165, 1.54) is 0 Å². The second kappa shape index (κ2) is 6.52. The highest BCUT2D eigenvalue weighted by molar-refractivity contribution is 6.00. The molecule has 3 amide bonds. The normalized spacial score (nSPS) is 12.9. The number of nitrogens with zero attached hydrogens (tertiary/aromatic N) is 1. The van der Waals surface area contributed by atoms with Crippen molar-refractivity contribution in [1.29, 1.82) is 0 Å². The molecule has 3 rings (SSSR count). The molecular weight excluding hydrogens is 290 g/mol. The van der Waals surface area contributed by atoms with Gasteiger partial charge in [-0.1, -0.05) is 42.5 Å². The maximum absolute atomic E-state index is 11.8. The number of carbonyl (C=O) groups is 2. The summed E-state index contributed by atoms with van der Waals surface area (Å²) in [4.78, 5) is 25.2. The highest BCUT2D eigenvalue weighted by atomic mass is 16.2. The fourth-order valence-electron chi connectivity index (χ4n) is 2.66. The lowest BCUT2D eigenvalue weighted by molar-refractivity contribution is -0.117. The third-order valence-electron chi connectivity index (χ3n) is 3.97. The molecule has 0 atom stereocenters. The van der Waals surface area contributed by atoms with Crippen molar-refractivity contribution in [2.45, 2.75) is 19.5 Å². The van der Waals surface area contributed by atoms with E-state index in [1.807, 2.05) is 48.5 Å². The minimum absolute atomic E-state index is 0.103. The number of hydrogen-bond acceptors (Lipinski definition) is 2. The van der Waals surface area contributed by atoms with E-state index >= 15 is 0 Å². The summed E-state index contributed by atoms with van der Waals surface area (Å²) in [7, 11) is 1.78. The quantitative estimate of drug-likeness (QED) is 0.909. The van der Waals surface area contributed by atoms with E-state index in [0.29, 0.717) is 19.5 Å². The zero-order chi connectivity index (χ0) is 16.2. The third-order valence-corrected chi connectivity index (χ3v) is 3.97. The van der Waals surface area contributed by atoms with Crippen LogP contribution in [0.15, 0.2) is 48.5 Å². The molecule has 2 aromatic carbocycles. The number of benzene rings is 2. The fourth-order valence-corrected chi connectivity index (χ4v) is 2.66. The molecule has 0 saturated heterocycles. The number of rotatable bonds is 4. The first-order valence-corrected chi connectivity index (χ1v) is 7.57. The molecule has 1 aliphatic heterocycles. The number of anilines is 1. The maximum Gasteiger partial charge on any atom is 0.315 e. The number of urea groups is 1. The van der Waals surface area contributed by atoms with Crippen molar-refractivity contribution in [3.8, 4) is 0 Å². The molecule has 2 N–H and O–H groups in total. The van der Waals surface area contributed by atoms with Crippen LogP contribution in [0, 0.1) is 0 Å². The van der Waals surface area contributed by atoms with Gasteiger partial charge in [-0.15, -0.1) is 0 Å². The molecule has 1 heterocycles. The van der Waals surface area contributed by atoms with Crippen LogP contribution in [0.4, 0.5) is 10.5 Å². The first-order chi connectivity index (χ1) is 11.1. The van der Waals surface area contributed by atoms with Gasteiger partial charge in [0.1, 0.15) is 0 Å². The van der Waals surface area contributed by atoms with E-state index in [2.05, 4.69) is 10.6 Å². The summed E-state index contributed by atoms with van der Waals surface area (Å²) in [5.41, 5.74) is 4.01. The average molecular weight is 309 g/mol. The second-order valence-corrected chi connectivity index (χ2v) is 5.61. The van der Waals surface area contributed by atoms with Crippen molar-refractivity contribution in [2.24, 2.45) is 0 Å². The van der Waals surface area contributed by atoms with Gasteiger partial charge in [0.2, 0.25) is 5.91 Å². The number of hydrogen-bond donors (Lipinski definition) is 2. The van der Waals surface area contributed by atoms with Gasteiger partial charge in [0.05, 0.1) is 6.42 Å². The van der Waals surface area contributed by atoms with E-state index in [0.717, 1.165) is 22.4 Å². The van der Waals surface area contributed by atoms with E-state index < -0.39 is 0 Å². The number of nitrogens with one attached hydrogen (secondary N) is 2. The van der Waals surface area contributed by atoms with Crippen molar-refractivity contribution in [1.82, 2.24) is 10.6 Å². The summed E-state index contributed by atoms with van der Waals surface area (Å²) in [5, 5.41) is 5.66. The van der Waals surface area contributed by atoms with Gasteiger partial charge in [-0.05, 0) is 22.8 Å². The minimum atomic E-state index is -0.206. The molecule has 0 spiro atoms. The molecule has 0 bridgehead atoms. The van der Waals surface area contributed by atoms with Crippen molar-refractivity contribution in [2.75, 3.05) is 11.9 Å². The van der Waals surface area contributed by atoms with Crippen LogP contribution in [-0.2, 0) is 24.3 Å². The van der Waals surface area contributed by atoms with Crippen LogP contribution in [0.5, 0.6) is 0 Å². The van der Waals surface area contributed by atoms with Gasteiger partial charge in [-0.3, -0.25) is 4.79 Å². The molecule has 0 unspecified atom stereocenters. The highest BCUT2D eigenvalue weighted by Crippen LogP contribution is 2.28. The summed E-state index contributed by atoms with van der Waals surface area (Å²) in [6.07, 6.45) is 0.430. The molecule has 0 saturated carbocycles. The molecule has 118 valence electrons. The van der Waals surface area contributed by atoms with Gasteiger partial charge in [-0.2, -0.15) is 0 Å². The number of fused-ring (bicyclic) bond motifs is 1. The predicted molar refractivity (Wildman–Crippen MR) is 89.1 cm³/mol. The van der Waals surface area contributed by atoms with Gasteiger partial charge in [-0.25, -0.2) is 4.79 Å². The van der Waals surface area contributed by atoms with E-state index in [4.69, 9.17) is 0 Å². The summed E-state index contributed by atoms with van der Waals surface area (Å²) in [5.74, 6) is 0.103. The molecule has 0 radical (unpaired) electrons. The van der Waals surface area contributed by atoms with Crippen LogP contribution in [0.2, 0.25) is 0 Å². The monoisotopic (exact) mass is 309 g/mol. The van der Waals surface area contributed by atoms with Crippen molar-refractivity contribution >= 4 is 17.6 Å². The Morgan fingerprint density at radius 2 is 1.74 bits per heavy atom. The van der Waals surface area contributed by atoms with E-state index in [9.17, 15) is 9.59 Å². The molecular formula is C18H19N3O2. The first-order valence-electron chi connectivity index (χ1n) is 7.57. The Bertz CT molecular complexity index is 728. The number of likely N-dealkylation sites (N-methyl/N-ethyl adjacent to an activating group) is 1. The Balaban J connectivity index is 1.52. The zero-order valence-electron chi connectivity index (χ0n) is 13.0. The van der Waals surface area contributed by atoms with Crippen molar-refractivity contribution < 1.29 is 9.59 Å². The summed E-state index contributed by atoms with van der Waals surface area (Å²) in [6.45, 7) is 0.933. The lowest BCUT2D eigenvalue weighted by Crippen LogP contribution is -2.34. The Hall–Kier alpha value is -2.82. The Morgan fingerprint density at radius 1 is 1.04 bits per heavy atom.